The van der Waals surface area contributed by atoms with E-state index < -0.39 is 5.54 Å². The fraction of sp³-hybridized carbons (Fsp3) is 0.875. The third kappa shape index (κ3) is 55.6. The number of amides is 5. The average molecular weight is 1220 g/mol. The lowest BCUT2D eigenvalue weighted by atomic mass is 9.89. The lowest BCUT2D eigenvalue weighted by Crippen LogP contribution is -2.55. The molecule has 0 aliphatic heterocycles. The summed E-state index contributed by atoms with van der Waals surface area (Å²) < 4.78 is 12.4. The Balaban J connectivity index is -0.00000113. The molecule has 2 saturated carbocycles. The van der Waals surface area contributed by atoms with Crippen LogP contribution in [0.25, 0.3) is 0 Å². The molecule has 2 fully saturated rings. The quantitative estimate of drug-likeness (QED) is 0.0291. The zero-order chi connectivity index (χ0) is 65.0. The van der Waals surface area contributed by atoms with Gasteiger partial charge in [-0.15, -0.1) is 0 Å². The van der Waals surface area contributed by atoms with Crippen LogP contribution in [-0.4, -0.2) is 101 Å². The molecule has 86 heavy (non-hydrogen) atoms. The first-order chi connectivity index (χ1) is 42.1. The first-order valence-corrected chi connectivity index (χ1v) is 36.5. The van der Waals surface area contributed by atoms with Gasteiger partial charge in [-0.3, -0.25) is 24.0 Å². The van der Waals surface area contributed by atoms with Crippen molar-refractivity contribution >= 4 is 29.5 Å². The van der Waals surface area contributed by atoms with Crippen LogP contribution in [0.4, 0.5) is 0 Å². The monoisotopic (exact) mass is 1220 g/mol. The maximum absolute atomic E-state index is 13.4. The van der Waals surface area contributed by atoms with Gasteiger partial charge in [0.05, 0.1) is 32.0 Å². The molecule has 0 saturated heterocycles. The van der Waals surface area contributed by atoms with E-state index in [1.807, 2.05) is 62.3 Å². The van der Waals surface area contributed by atoms with Crippen LogP contribution in [0.2, 0.25) is 0 Å². The summed E-state index contributed by atoms with van der Waals surface area (Å²) in [6.07, 6.45) is 39.6. The van der Waals surface area contributed by atoms with E-state index in [1.54, 1.807) is 11.1 Å². The molecule has 14 heteroatoms. The Morgan fingerprint density at radius 3 is 0.988 bits per heavy atom. The van der Waals surface area contributed by atoms with Crippen LogP contribution >= 0.6 is 0 Å². The van der Waals surface area contributed by atoms with E-state index in [9.17, 15) is 24.0 Å². The summed E-state index contributed by atoms with van der Waals surface area (Å²) in [5.74, 6) is 0.205. The summed E-state index contributed by atoms with van der Waals surface area (Å²) >= 11 is 0. The van der Waals surface area contributed by atoms with E-state index in [4.69, 9.17) is 9.47 Å². The largest absolute Gasteiger partial charge is 0.388 e. The number of nitrogens with one attached hydrogen (secondary N) is 7. The van der Waals surface area contributed by atoms with Gasteiger partial charge in [0.25, 0.3) is 0 Å². The van der Waals surface area contributed by atoms with Gasteiger partial charge in [0.1, 0.15) is 0 Å². The minimum atomic E-state index is -0.718. The summed E-state index contributed by atoms with van der Waals surface area (Å²) in [5, 5.41) is 22.5. The van der Waals surface area contributed by atoms with E-state index in [0.717, 1.165) is 96.6 Å². The van der Waals surface area contributed by atoms with Crippen molar-refractivity contribution in [2.24, 2.45) is 0 Å². The predicted molar refractivity (Wildman–Crippen MR) is 369 cm³/mol. The topological polar surface area (TPSA) is 188 Å². The molecule has 0 bridgehead atoms. The van der Waals surface area contributed by atoms with E-state index >= 15 is 0 Å². The molecular formula is C72H145N7O7. The molecule has 0 radical (unpaired) electrons. The third-order valence-electron chi connectivity index (χ3n) is 15.0. The molecule has 0 aromatic heterocycles. The number of unbranched alkanes of at least 4 members (excludes halogenated alkanes) is 15. The highest BCUT2D eigenvalue weighted by Crippen LogP contribution is 2.31. The zero-order valence-corrected chi connectivity index (χ0v) is 59.3. The fourth-order valence-corrected chi connectivity index (χ4v) is 9.62. The molecular weight excluding hydrogens is 1070 g/mol. The van der Waals surface area contributed by atoms with Crippen molar-refractivity contribution in [1.82, 2.24) is 37.2 Å². The summed E-state index contributed by atoms with van der Waals surface area (Å²) in [6, 6.07) is 0. The van der Waals surface area contributed by atoms with Crippen molar-refractivity contribution in [3.05, 3.63) is 22.5 Å². The van der Waals surface area contributed by atoms with Crippen LogP contribution in [0.5, 0.6) is 0 Å². The van der Waals surface area contributed by atoms with Crippen LogP contribution < -0.4 is 37.2 Å². The molecule has 0 heterocycles. The molecule has 2 aliphatic carbocycles. The van der Waals surface area contributed by atoms with E-state index in [2.05, 4.69) is 71.8 Å². The second-order valence-electron chi connectivity index (χ2n) is 22.4. The summed E-state index contributed by atoms with van der Waals surface area (Å²) in [7, 11) is 0. The number of hydrogen-bond donors (Lipinski definition) is 7. The van der Waals surface area contributed by atoms with Crippen LogP contribution in [-0.2, 0) is 33.4 Å². The second-order valence-corrected chi connectivity index (χ2v) is 22.4. The smallest absolute Gasteiger partial charge is 0.222 e. The third-order valence-corrected chi connectivity index (χ3v) is 15.0. The zero-order valence-electron chi connectivity index (χ0n) is 59.3. The van der Waals surface area contributed by atoms with E-state index in [0.29, 0.717) is 51.9 Å². The van der Waals surface area contributed by atoms with Crippen LogP contribution in [0.15, 0.2) is 22.5 Å². The van der Waals surface area contributed by atoms with Gasteiger partial charge in [0.15, 0.2) is 0 Å². The maximum Gasteiger partial charge on any atom is 0.222 e. The van der Waals surface area contributed by atoms with Gasteiger partial charge in [0.2, 0.25) is 29.5 Å². The summed E-state index contributed by atoms with van der Waals surface area (Å²) in [5.41, 5.74) is 5.37. The number of ether oxygens (including phenoxy) is 2. The minimum absolute atomic E-state index is 0.0186. The van der Waals surface area contributed by atoms with Gasteiger partial charge < -0.3 is 46.7 Å². The van der Waals surface area contributed by atoms with Crippen LogP contribution in [0, 0.1) is 0 Å². The normalized spacial score (nSPS) is 11.9. The first kappa shape index (κ1) is 88.8. The molecule has 7 N–H and O–H groups in total. The molecule has 0 spiro atoms. The lowest BCUT2D eigenvalue weighted by molar-refractivity contribution is -0.128. The Labute approximate surface area is 532 Å². The molecule has 0 aromatic rings. The molecule has 510 valence electrons. The van der Waals surface area contributed by atoms with Crippen LogP contribution in [0.3, 0.4) is 0 Å². The van der Waals surface area contributed by atoms with E-state index in [1.165, 1.54) is 133 Å². The first-order valence-electron chi connectivity index (χ1n) is 36.5. The Hall–Kier alpha value is -3.65. The van der Waals surface area contributed by atoms with Crippen molar-refractivity contribution in [3.63, 3.8) is 0 Å². The number of carbonyl (C=O) groups excluding carboxylic acids is 5. The van der Waals surface area contributed by atoms with Gasteiger partial charge in [0, 0.05) is 82.8 Å². The summed E-state index contributed by atoms with van der Waals surface area (Å²) in [6.45, 7) is 34.4. The highest BCUT2D eigenvalue weighted by molar-refractivity contribution is 5.77. The lowest BCUT2D eigenvalue weighted by Gasteiger charge is -2.35. The fourth-order valence-electron chi connectivity index (χ4n) is 9.62. The maximum atomic E-state index is 13.4. The van der Waals surface area contributed by atoms with Crippen molar-refractivity contribution in [2.75, 3.05) is 65.7 Å². The Morgan fingerprint density at radius 2 is 0.628 bits per heavy atom. The molecule has 14 nitrogen and oxygen atoms in total. The van der Waals surface area contributed by atoms with Crippen LogP contribution in [0.1, 0.15) is 341 Å². The molecule has 0 unspecified atom stereocenters. The SMILES string of the molecule is CC.CC.CC.CC.CCCCCC(=O)NCCCNC(=O)CCC.CCCCCCCCCCCC(=O)NC(CCCC)(COCCC(=O)NCCCNC(CCCCC)=C1CCC1)COCCC(=O)NCCCNC(CCCCC)=C1CCC1. The molecule has 0 atom stereocenters. The second kappa shape index (κ2) is 70.4. The number of allylic oxidation sites excluding steroid dienone is 4. The van der Waals surface area contributed by atoms with Gasteiger partial charge >= 0.3 is 0 Å². The van der Waals surface area contributed by atoms with Crippen molar-refractivity contribution in [1.29, 1.82) is 0 Å². The Bertz CT molecular complexity index is 1530. The molecule has 2 rings (SSSR count). The van der Waals surface area contributed by atoms with Gasteiger partial charge in [-0.25, -0.2) is 0 Å². The van der Waals surface area contributed by atoms with Crippen molar-refractivity contribution < 1.29 is 33.4 Å². The Morgan fingerprint density at radius 1 is 0.326 bits per heavy atom. The average Bonchev–Trinajstić information content (AvgIpc) is 3.49. The molecule has 5 amide bonds. The van der Waals surface area contributed by atoms with Crippen molar-refractivity contribution in [3.8, 4) is 0 Å². The number of carbonyl (C=O) groups is 5. The Kier molecular flexibility index (Phi) is 72.7. The van der Waals surface area contributed by atoms with Gasteiger partial charge in [-0.2, -0.15) is 0 Å². The predicted octanol–water partition coefficient (Wildman–Crippen LogP) is 17.1. The van der Waals surface area contributed by atoms with Crippen molar-refractivity contribution in [2.45, 2.75) is 346 Å². The number of hydrogen-bond acceptors (Lipinski definition) is 9. The van der Waals surface area contributed by atoms with Gasteiger partial charge in [-0.1, -0.05) is 211 Å². The van der Waals surface area contributed by atoms with Gasteiger partial charge in [-0.05, 0) is 109 Å². The van der Waals surface area contributed by atoms with E-state index in [-0.39, 0.29) is 68.8 Å². The number of rotatable bonds is 52. The standard InChI is InChI=1S/C51H95N5O5.C13H26N2O2.4C2H6/c1-5-9-13-14-15-16-17-18-21-32-50(59)56-51(35-12-8-4,42-60-40-33-48(57)54-38-24-36-52-46(30-19-10-6-2)44-26-22-27-44)43-61-41-34-49(58)55-39-25-37-53-47(31-20-11-7-3)45-28-23-29-45;1-3-5-6-9-13(17)15-11-7-10-14-12(16)8-4-2;4*1-2/h52-53H,5-43H2,1-4H3,(H,54,57)(H,55,58)(H,56,59);3-11H2,1-2H3,(H,14,16)(H,15,17);4*1-2H3. The summed E-state index contributed by atoms with van der Waals surface area (Å²) in [4.78, 5) is 61.4. The molecule has 2 aliphatic rings. The highest BCUT2D eigenvalue weighted by atomic mass is 16.5. The molecule has 0 aromatic carbocycles. The minimum Gasteiger partial charge on any atom is -0.388 e. The highest BCUT2D eigenvalue weighted by Gasteiger charge is 2.32.